The van der Waals surface area contributed by atoms with E-state index in [1.807, 2.05) is 0 Å². The highest BCUT2D eigenvalue weighted by molar-refractivity contribution is 5.85. The second-order valence-electron chi connectivity index (χ2n) is 2.65. The molecule has 0 atom stereocenters. The van der Waals surface area contributed by atoms with E-state index in [9.17, 15) is 0 Å². The van der Waals surface area contributed by atoms with Gasteiger partial charge in [-0.1, -0.05) is 0 Å². The average Bonchev–Trinajstić information content (AvgIpc) is 2.10. The Balaban J connectivity index is -0.000000605. The highest BCUT2D eigenvalue weighted by Crippen LogP contribution is 1.83. The summed E-state index contributed by atoms with van der Waals surface area (Å²) in [6.45, 7) is 3.71. The van der Waals surface area contributed by atoms with Crippen LogP contribution in [0.5, 0.6) is 0 Å². The fourth-order valence-electron chi connectivity index (χ4n) is 0.908. The van der Waals surface area contributed by atoms with Gasteiger partial charge in [-0.05, 0) is 25.9 Å². The lowest BCUT2D eigenvalue weighted by Crippen LogP contribution is -2.22. The molecule has 0 aromatic heterocycles. The monoisotopic (exact) mass is 248 g/mol. The van der Waals surface area contributed by atoms with Gasteiger partial charge in [0.2, 0.25) is 0 Å². The summed E-state index contributed by atoms with van der Waals surface area (Å²) in [5.74, 6) is 0. The van der Waals surface area contributed by atoms with Crippen molar-refractivity contribution in [3.05, 3.63) is 0 Å². The molecule has 0 aromatic carbocycles. The van der Waals surface area contributed by atoms with Gasteiger partial charge in [0.05, 0.1) is 13.2 Å². The maximum absolute atomic E-state index is 8.44. The summed E-state index contributed by atoms with van der Waals surface area (Å²) in [4.78, 5) is 0. The first kappa shape index (κ1) is 19.9. The van der Waals surface area contributed by atoms with Crippen LogP contribution in [0.3, 0.4) is 0 Å². The van der Waals surface area contributed by atoms with Crippen LogP contribution in [0.1, 0.15) is 12.8 Å². The summed E-state index contributed by atoms with van der Waals surface area (Å²) >= 11 is 0. The number of hydrogen-bond acceptors (Lipinski definition) is 4. The summed E-state index contributed by atoms with van der Waals surface area (Å²) in [6, 6.07) is 0. The van der Waals surface area contributed by atoms with E-state index in [1.54, 1.807) is 0 Å². The Bertz CT molecular complexity index is 79.7. The molecule has 90 valence electrons. The molecular formula is C8H22Cl2N2O2. The fourth-order valence-corrected chi connectivity index (χ4v) is 0.908. The minimum Gasteiger partial charge on any atom is -0.395 e. The fraction of sp³-hybridized carbons (Fsp3) is 1.00. The van der Waals surface area contributed by atoms with Crippen LogP contribution in [0.2, 0.25) is 0 Å². The van der Waals surface area contributed by atoms with Gasteiger partial charge >= 0.3 is 0 Å². The van der Waals surface area contributed by atoms with Gasteiger partial charge in [-0.25, -0.2) is 0 Å². The van der Waals surface area contributed by atoms with Gasteiger partial charge in [0.25, 0.3) is 0 Å². The van der Waals surface area contributed by atoms with Crippen LogP contribution in [0.4, 0.5) is 0 Å². The van der Waals surface area contributed by atoms with Crippen LogP contribution in [-0.2, 0) is 0 Å². The number of halogens is 2. The summed E-state index contributed by atoms with van der Waals surface area (Å²) in [5, 5.41) is 23.1. The van der Waals surface area contributed by atoms with Gasteiger partial charge in [0.1, 0.15) is 0 Å². The summed E-state index contributed by atoms with van der Waals surface area (Å²) in [7, 11) is 0. The Hall–Kier alpha value is 0.420. The normalized spacial score (nSPS) is 9.00. The van der Waals surface area contributed by atoms with Crippen molar-refractivity contribution in [2.75, 3.05) is 39.4 Å². The molecule has 0 bridgehead atoms. The lowest BCUT2D eigenvalue weighted by molar-refractivity contribution is 0.289. The van der Waals surface area contributed by atoms with E-state index < -0.39 is 0 Å². The first-order chi connectivity index (χ1) is 5.91. The highest BCUT2D eigenvalue weighted by atomic mass is 35.5. The molecule has 0 radical (unpaired) electrons. The second-order valence-corrected chi connectivity index (χ2v) is 2.65. The Kier molecular flexibility index (Phi) is 27.1. The van der Waals surface area contributed by atoms with Crippen molar-refractivity contribution in [1.29, 1.82) is 0 Å². The van der Waals surface area contributed by atoms with Gasteiger partial charge < -0.3 is 20.8 Å². The first-order valence-corrected chi connectivity index (χ1v) is 4.55. The molecule has 6 heteroatoms. The number of aliphatic hydroxyl groups is 2. The molecule has 0 aliphatic carbocycles. The first-order valence-electron chi connectivity index (χ1n) is 4.55. The third-order valence-electron chi connectivity index (χ3n) is 1.53. The van der Waals surface area contributed by atoms with Crippen molar-refractivity contribution in [1.82, 2.24) is 10.6 Å². The quantitative estimate of drug-likeness (QED) is 0.426. The zero-order valence-corrected chi connectivity index (χ0v) is 10.0. The minimum absolute atomic E-state index is 0. The van der Waals surface area contributed by atoms with E-state index in [0.717, 1.165) is 25.9 Å². The molecule has 0 aromatic rings. The molecule has 14 heavy (non-hydrogen) atoms. The van der Waals surface area contributed by atoms with Crippen molar-refractivity contribution in [3.63, 3.8) is 0 Å². The van der Waals surface area contributed by atoms with Crippen molar-refractivity contribution in [2.45, 2.75) is 12.8 Å². The predicted octanol–water partition coefficient (Wildman–Crippen LogP) is -0.226. The molecule has 0 rings (SSSR count). The molecule has 0 amide bonds. The summed E-state index contributed by atoms with van der Waals surface area (Å²) in [5.41, 5.74) is 0. The zero-order chi connectivity index (χ0) is 9.07. The second kappa shape index (κ2) is 19.1. The van der Waals surface area contributed by atoms with Crippen LogP contribution < -0.4 is 10.6 Å². The number of aliphatic hydroxyl groups excluding tert-OH is 2. The lowest BCUT2D eigenvalue weighted by atomic mass is 10.3. The molecule has 0 aliphatic heterocycles. The Morgan fingerprint density at radius 1 is 0.643 bits per heavy atom. The number of hydrogen-bond donors (Lipinski definition) is 4. The average molecular weight is 249 g/mol. The zero-order valence-electron chi connectivity index (χ0n) is 8.37. The molecule has 0 saturated carbocycles. The standard InChI is InChI=1S/C8H20N2O2.2ClH/c11-7-5-9-3-1-2-4-10-6-8-12;;/h9-12H,1-8H2;2*1H. The van der Waals surface area contributed by atoms with Crippen LogP contribution in [0, 0.1) is 0 Å². The number of nitrogens with one attached hydrogen (secondary N) is 2. The third-order valence-corrected chi connectivity index (χ3v) is 1.53. The summed E-state index contributed by atoms with van der Waals surface area (Å²) in [6.07, 6.45) is 2.22. The molecule has 0 spiro atoms. The number of rotatable bonds is 9. The van der Waals surface area contributed by atoms with E-state index in [0.29, 0.717) is 13.1 Å². The Morgan fingerprint density at radius 2 is 1.00 bits per heavy atom. The molecular weight excluding hydrogens is 227 g/mol. The summed E-state index contributed by atoms with van der Waals surface area (Å²) < 4.78 is 0. The topological polar surface area (TPSA) is 64.5 Å². The van der Waals surface area contributed by atoms with E-state index >= 15 is 0 Å². The largest absolute Gasteiger partial charge is 0.395 e. The van der Waals surface area contributed by atoms with Crippen molar-refractivity contribution in [2.24, 2.45) is 0 Å². The van der Waals surface area contributed by atoms with Crippen molar-refractivity contribution >= 4 is 24.8 Å². The van der Waals surface area contributed by atoms with E-state index in [2.05, 4.69) is 10.6 Å². The van der Waals surface area contributed by atoms with E-state index in [-0.39, 0.29) is 38.0 Å². The number of unbranched alkanes of at least 4 members (excludes halogenated alkanes) is 1. The lowest BCUT2D eigenvalue weighted by Gasteiger charge is -2.03. The Labute approximate surface area is 98.3 Å². The smallest absolute Gasteiger partial charge is 0.0555 e. The third kappa shape index (κ3) is 18.3. The molecule has 0 fully saturated rings. The molecule has 0 unspecified atom stereocenters. The van der Waals surface area contributed by atoms with E-state index in [4.69, 9.17) is 10.2 Å². The Morgan fingerprint density at radius 3 is 1.29 bits per heavy atom. The van der Waals surface area contributed by atoms with Gasteiger partial charge in [0.15, 0.2) is 0 Å². The van der Waals surface area contributed by atoms with Gasteiger partial charge in [-0.15, -0.1) is 24.8 Å². The molecule has 0 saturated heterocycles. The van der Waals surface area contributed by atoms with E-state index in [1.165, 1.54) is 0 Å². The van der Waals surface area contributed by atoms with Crippen LogP contribution in [0.15, 0.2) is 0 Å². The van der Waals surface area contributed by atoms with Gasteiger partial charge in [-0.3, -0.25) is 0 Å². The maximum Gasteiger partial charge on any atom is 0.0555 e. The molecule has 0 heterocycles. The maximum atomic E-state index is 8.44. The van der Waals surface area contributed by atoms with Crippen LogP contribution >= 0.6 is 24.8 Å². The van der Waals surface area contributed by atoms with Crippen LogP contribution in [-0.4, -0.2) is 49.6 Å². The van der Waals surface area contributed by atoms with Gasteiger partial charge in [-0.2, -0.15) is 0 Å². The van der Waals surface area contributed by atoms with Crippen LogP contribution in [0.25, 0.3) is 0 Å². The molecule has 0 aliphatic rings. The minimum atomic E-state index is 0. The van der Waals surface area contributed by atoms with Crippen molar-refractivity contribution < 1.29 is 10.2 Å². The predicted molar refractivity (Wildman–Crippen MR) is 63.6 cm³/mol. The van der Waals surface area contributed by atoms with Gasteiger partial charge in [0, 0.05) is 13.1 Å². The SMILES string of the molecule is Cl.Cl.OCCNCCCCNCCO. The highest BCUT2D eigenvalue weighted by Gasteiger charge is 1.88. The molecule has 4 N–H and O–H groups in total. The molecule has 4 nitrogen and oxygen atoms in total. The van der Waals surface area contributed by atoms with Crippen molar-refractivity contribution in [3.8, 4) is 0 Å².